The smallest absolute Gasteiger partial charge is 0.281 e. The number of rotatable bonds is 1. The summed E-state index contributed by atoms with van der Waals surface area (Å²) in [5, 5.41) is 0. The van der Waals surface area contributed by atoms with E-state index in [2.05, 4.69) is 34.2 Å². The number of aromatic nitrogens is 1. The molecule has 2 aromatic rings. The van der Waals surface area contributed by atoms with Crippen molar-refractivity contribution in [1.29, 1.82) is 0 Å². The Morgan fingerprint density at radius 3 is 2.86 bits per heavy atom. The Labute approximate surface area is 124 Å². The highest BCUT2D eigenvalue weighted by molar-refractivity contribution is 5.71. The molecule has 1 aromatic carbocycles. The molecule has 1 aromatic heterocycles. The zero-order valence-electron chi connectivity index (χ0n) is 12.0. The van der Waals surface area contributed by atoms with Gasteiger partial charge in [0.05, 0.1) is 6.61 Å². The number of hydrogen-bond acceptors (Lipinski definition) is 4. The summed E-state index contributed by atoms with van der Waals surface area (Å²) in [6.07, 6.45) is 6.55. The Bertz CT molecular complexity index is 638. The van der Waals surface area contributed by atoms with Crippen LogP contribution in [0.2, 0.25) is 0 Å². The zero-order valence-corrected chi connectivity index (χ0v) is 12.0. The fraction of sp³-hybridized carbons (Fsp3) is 0.294. The third kappa shape index (κ3) is 3.40. The predicted molar refractivity (Wildman–Crippen MR) is 84.1 cm³/mol. The van der Waals surface area contributed by atoms with Crippen molar-refractivity contribution in [3.63, 3.8) is 0 Å². The molecule has 0 saturated carbocycles. The molecule has 0 fully saturated rings. The van der Waals surface area contributed by atoms with Gasteiger partial charge in [-0.15, -0.1) is 0 Å². The van der Waals surface area contributed by atoms with Gasteiger partial charge in [0.15, 0.2) is 0 Å². The summed E-state index contributed by atoms with van der Waals surface area (Å²) < 4.78 is 5.44. The Balaban J connectivity index is 1.88. The summed E-state index contributed by atoms with van der Waals surface area (Å²) in [7, 11) is 0. The molecule has 1 aliphatic rings. The molecule has 2 heterocycles. The van der Waals surface area contributed by atoms with Crippen LogP contribution in [0.5, 0.6) is 0 Å². The van der Waals surface area contributed by atoms with E-state index in [-0.39, 0.29) is 0 Å². The highest BCUT2D eigenvalue weighted by Crippen LogP contribution is 2.23. The average Bonchev–Trinajstić information content (AvgIpc) is 2.53. The number of benzene rings is 1. The van der Waals surface area contributed by atoms with Crippen LogP contribution >= 0.6 is 0 Å². The molecular formula is C17H19N3O. The first-order valence-corrected chi connectivity index (χ1v) is 7.28. The molecule has 4 nitrogen and oxygen atoms in total. The van der Waals surface area contributed by atoms with Crippen LogP contribution in [-0.2, 0) is 17.6 Å². The minimum Gasteiger partial charge on any atom is -0.465 e. The monoisotopic (exact) mass is 281 g/mol. The Morgan fingerprint density at radius 2 is 2.00 bits per heavy atom. The van der Waals surface area contributed by atoms with Crippen LogP contribution in [0.15, 0.2) is 47.7 Å². The molecule has 0 bridgehead atoms. The van der Waals surface area contributed by atoms with E-state index in [9.17, 15) is 0 Å². The van der Waals surface area contributed by atoms with E-state index in [0.717, 1.165) is 31.4 Å². The first-order chi connectivity index (χ1) is 10.3. The maximum atomic E-state index is 5.69. The van der Waals surface area contributed by atoms with Gasteiger partial charge in [0.25, 0.3) is 6.02 Å². The molecule has 21 heavy (non-hydrogen) atoms. The summed E-state index contributed by atoms with van der Waals surface area (Å²) in [4.78, 5) is 8.37. The van der Waals surface area contributed by atoms with Crippen molar-refractivity contribution in [1.82, 2.24) is 4.98 Å². The molecule has 3 rings (SSSR count). The molecule has 0 spiro atoms. The van der Waals surface area contributed by atoms with E-state index in [1.54, 1.807) is 6.20 Å². The van der Waals surface area contributed by atoms with Crippen molar-refractivity contribution >= 4 is 6.02 Å². The van der Waals surface area contributed by atoms with E-state index in [1.807, 2.05) is 12.3 Å². The molecule has 108 valence electrons. The zero-order chi connectivity index (χ0) is 14.5. The molecule has 0 saturated heterocycles. The second-order valence-corrected chi connectivity index (χ2v) is 5.15. The SMILES string of the molecule is NC1=NCCCc2ccc(-c3cccnc3)cc2CCO1. The Kier molecular flexibility index (Phi) is 4.15. The Morgan fingerprint density at radius 1 is 1.05 bits per heavy atom. The number of fused-ring (bicyclic) bond motifs is 1. The quantitative estimate of drug-likeness (QED) is 0.874. The summed E-state index contributed by atoms with van der Waals surface area (Å²) in [5.74, 6) is 0. The first-order valence-electron chi connectivity index (χ1n) is 7.28. The fourth-order valence-corrected chi connectivity index (χ4v) is 2.59. The van der Waals surface area contributed by atoms with Crippen LogP contribution in [-0.4, -0.2) is 24.2 Å². The third-order valence-electron chi connectivity index (χ3n) is 3.69. The van der Waals surface area contributed by atoms with Crippen LogP contribution < -0.4 is 5.73 Å². The molecule has 0 unspecified atom stereocenters. The van der Waals surface area contributed by atoms with E-state index in [4.69, 9.17) is 10.5 Å². The van der Waals surface area contributed by atoms with Gasteiger partial charge in [-0.2, -0.15) is 0 Å². The average molecular weight is 281 g/mol. The van der Waals surface area contributed by atoms with Gasteiger partial charge in [0.1, 0.15) is 0 Å². The lowest BCUT2D eigenvalue weighted by molar-refractivity contribution is 0.301. The number of hydrogen-bond donors (Lipinski definition) is 1. The van der Waals surface area contributed by atoms with Crippen LogP contribution in [0.1, 0.15) is 17.5 Å². The minimum atomic E-state index is 0.307. The lowest BCUT2D eigenvalue weighted by Crippen LogP contribution is -2.19. The van der Waals surface area contributed by atoms with E-state index < -0.39 is 0 Å². The van der Waals surface area contributed by atoms with Gasteiger partial charge < -0.3 is 10.5 Å². The summed E-state index contributed by atoms with van der Waals surface area (Å²) in [5.41, 5.74) is 10.7. The van der Waals surface area contributed by atoms with Crippen molar-refractivity contribution in [2.75, 3.05) is 13.2 Å². The Hall–Kier alpha value is -2.36. The lowest BCUT2D eigenvalue weighted by Gasteiger charge is -2.14. The molecule has 2 N–H and O–H groups in total. The lowest BCUT2D eigenvalue weighted by atomic mass is 9.95. The summed E-state index contributed by atoms with van der Waals surface area (Å²) in [6, 6.07) is 11.0. The largest absolute Gasteiger partial charge is 0.465 e. The number of pyridine rings is 1. The number of aliphatic imine (C=N–C) groups is 1. The van der Waals surface area contributed by atoms with Gasteiger partial charge >= 0.3 is 0 Å². The molecule has 0 atom stereocenters. The predicted octanol–water partition coefficient (Wildman–Crippen LogP) is 2.57. The van der Waals surface area contributed by atoms with E-state index >= 15 is 0 Å². The van der Waals surface area contributed by atoms with Gasteiger partial charge in [0.2, 0.25) is 0 Å². The van der Waals surface area contributed by atoms with E-state index in [1.165, 1.54) is 16.7 Å². The summed E-state index contributed by atoms with van der Waals surface area (Å²) in [6.45, 7) is 1.29. The standard InChI is InChI=1S/C17H19N3O/c18-17-20-9-2-3-13-5-6-14(11-15(13)7-10-21-17)16-4-1-8-19-12-16/h1,4-6,8,11-12H,2-3,7,9-10H2,(H2,18,20). The van der Waals surface area contributed by atoms with Crippen molar-refractivity contribution in [2.45, 2.75) is 19.3 Å². The highest BCUT2D eigenvalue weighted by atomic mass is 16.5. The normalized spacial score (nSPS) is 15.5. The molecule has 0 radical (unpaired) electrons. The molecule has 0 amide bonds. The van der Waals surface area contributed by atoms with E-state index in [0.29, 0.717) is 12.6 Å². The first kappa shape index (κ1) is 13.6. The molecule has 0 aliphatic carbocycles. The summed E-state index contributed by atoms with van der Waals surface area (Å²) >= 11 is 0. The van der Waals surface area contributed by atoms with Gasteiger partial charge in [-0.05, 0) is 41.2 Å². The number of nitrogens with two attached hydrogens (primary N) is 1. The van der Waals surface area contributed by atoms with Crippen molar-refractivity contribution < 1.29 is 4.74 Å². The number of amidine groups is 1. The maximum Gasteiger partial charge on any atom is 0.281 e. The van der Waals surface area contributed by atoms with Crippen LogP contribution in [0.3, 0.4) is 0 Å². The number of ether oxygens (including phenoxy) is 1. The van der Waals surface area contributed by atoms with Gasteiger partial charge in [-0.1, -0.05) is 24.3 Å². The van der Waals surface area contributed by atoms with Crippen molar-refractivity contribution in [3.8, 4) is 11.1 Å². The second-order valence-electron chi connectivity index (χ2n) is 5.15. The maximum absolute atomic E-state index is 5.69. The van der Waals surface area contributed by atoms with Gasteiger partial charge in [0, 0.05) is 25.4 Å². The van der Waals surface area contributed by atoms with Gasteiger partial charge in [-0.25, -0.2) is 4.99 Å². The molecule has 1 aliphatic heterocycles. The topological polar surface area (TPSA) is 60.5 Å². The van der Waals surface area contributed by atoms with Crippen LogP contribution in [0, 0.1) is 0 Å². The second kappa shape index (κ2) is 6.39. The fourth-order valence-electron chi connectivity index (χ4n) is 2.59. The van der Waals surface area contributed by atoms with Crippen molar-refractivity contribution in [3.05, 3.63) is 53.9 Å². The van der Waals surface area contributed by atoms with Crippen LogP contribution in [0.25, 0.3) is 11.1 Å². The highest BCUT2D eigenvalue weighted by Gasteiger charge is 2.08. The van der Waals surface area contributed by atoms with Crippen LogP contribution in [0.4, 0.5) is 0 Å². The van der Waals surface area contributed by atoms with Crippen molar-refractivity contribution in [2.24, 2.45) is 10.7 Å². The number of aryl methyl sites for hydroxylation is 1. The molecular weight excluding hydrogens is 262 g/mol. The third-order valence-corrected chi connectivity index (χ3v) is 3.69. The number of nitrogens with zero attached hydrogens (tertiary/aromatic N) is 2. The minimum absolute atomic E-state index is 0.307. The molecule has 4 heteroatoms. The van der Waals surface area contributed by atoms with Gasteiger partial charge in [-0.3, -0.25) is 4.98 Å².